The molecule has 0 atom stereocenters. The molecule has 14 heavy (non-hydrogen) atoms. The van der Waals surface area contributed by atoms with Crippen LogP contribution < -0.4 is 15.3 Å². The second-order valence-electron chi connectivity index (χ2n) is 2.42. The summed E-state index contributed by atoms with van der Waals surface area (Å²) < 4.78 is 0. The van der Waals surface area contributed by atoms with Crippen molar-refractivity contribution in [3.05, 3.63) is 0 Å². The summed E-state index contributed by atoms with van der Waals surface area (Å²) in [5.74, 6) is -5.98. The van der Waals surface area contributed by atoms with Crippen molar-refractivity contribution in [1.82, 2.24) is 0 Å². The molecule has 0 unspecified atom stereocenters. The topological polar surface area (TPSA) is 141 Å². The second-order valence-corrected chi connectivity index (χ2v) is 2.42. The van der Waals surface area contributed by atoms with Crippen LogP contribution in [0.2, 0.25) is 0 Å². The first-order valence-corrected chi connectivity index (χ1v) is 3.11. The summed E-state index contributed by atoms with van der Waals surface area (Å²) in [6, 6.07) is 0. The van der Waals surface area contributed by atoms with Crippen molar-refractivity contribution in [2.75, 3.05) is 0 Å². The van der Waals surface area contributed by atoms with Crippen LogP contribution in [0, 0.1) is 0 Å². The first-order valence-electron chi connectivity index (χ1n) is 3.11. The van der Waals surface area contributed by atoms with E-state index in [1.165, 1.54) is 0 Å². The van der Waals surface area contributed by atoms with Crippen molar-refractivity contribution in [3.8, 4) is 0 Å². The first-order chi connectivity index (χ1) is 5.78. The Hall–Kier alpha value is -0.708. The van der Waals surface area contributed by atoms with Gasteiger partial charge in [-0.05, 0) is 0 Å². The number of hydrogen-bond donors (Lipinski definition) is 1. The van der Waals surface area contributed by atoms with E-state index in [1.54, 1.807) is 0 Å². The molecule has 0 saturated heterocycles. The Balaban J connectivity index is 0. The molecule has 0 rings (SSSR count). The minimum atomic E-state index is -2.97. The van der Waals surface area contributed by atoms with E-state index >= 15 is 0 Å². The Morgan fingerprint density at radius 3 is 1.43 bits per heavy atom. The molecular formula is C6H5O7Pb-3. The van der Waals surface area contributed by atoms with Crippen LogP contribution in [0.5, 0.6) is 0 Å². The van der Waals surface area contributed by atoms with E-state index in [9.17, 15) is 29.7 Å². The Kier molecular flexibility index (Phi) is 6.64. The Labute approximate surface area is 98.5 Å². The van der Waals surface area contributed by atoms with Gasteiger partial charge in [-0.1, -0.05) is 0 Å². The normalized spacial score (nSPS) is 10.1. The molecule has 0 bridgehead atoms. The summed E-state index contributed by atoms with van der Waals surface area (Å²) in [7, 11) is 0. The van der Waals surface area contributed by atoms with Crippen LogP contribution in [-0.2, 0) is 14.4 Å². The molecule has 0 heterocycles. The van der Waals surface area contributed by atoms with Gasteiger partial charge in [0.2, 0.25) is 0 Å². The molecule has 78 valence electrons. The summed E-state index contributed by atoms with van der Waals surface area (Å²) in [4.78, 5) is 30.0. The molecule has 0 aliphatic carbocycles. The molecule has 0 aromatic heterocycles. The van der Waals surface area contributed by atoms with Crippen LogP contribution in [0.4, 0.5) is 0 Å². The maximum Gasteiger partial charge on any atom is 0.114 e. The fraction of sp³-hybridized carbons (Fsp3) is 0.500. The maximum absolute atomic E-state index is 10.1. The van der Waals surface area contributed by atoms with Crippen molar-refractivity contribution in [2.45, 2.75) is 18.4 Å². The van der Waals surface area contributed by atoms with Gasteiger partial charge in [0, 0.05) is 52.1 Å². The van der Waals surface area contributed by atoms with Crippen molar-refractivity contribution < 1.29 is 34.8 Å². The summed E-state index contributed by atoms with van der Waals surface area (Å²) in [5, 5.41) is 38.9. The van der Waals surface area contributed by atoms with E-state index in [0.717, 1.165) is 0 Å². The van der Waals surface area contributed by atoms with Crippen molar-refractivity contribution in [1.29, 1.82) is 0 Å². The fourth-order valence-electron chi connectivity index (χ4n) is 0.684. The molecule has 0 amide bonds. The van der Waals surface area contributed by atoms with E-state index in [4.69, 9.17) is 5.11 Å². The summed E-state index contributed by atoms with van der Waals surface area (Å²) in [6.07, 6.45) is -2.72. The van der Waals surface area contributed by atoms with Crippen LogP contribution in [-0.4, -0.2) is 55.9 Å². The third kappa shape index (κ3) is 5.12. The average Bonchev–Trinajstić information content (AvgIpc) is 1.82. The third-order valence-corrected chi connectivity index (χ3v) is 1.25. The predicted molar refractivity (Wildman–Crippen MR) is 35.0 cm³/mol. The smallest absolute Gasteiger partial charge is 0.114 e. The molecule has 8 heteroatoms. The Morgan fingerprint density at radius 1 is 1.00 bits per heavy atom. The zero-order valence-corrected chi connectivity index (χ0v) is 10.7. The van der Waals surface area contributed by atoms with E-state index in [0.29, 0.717) is 0 Å². The monoisotopic (exact) mass is 397 g/mol. The fourth-order valence-corrected chi connectivity index (χ4v) is 0.684. The van der Waals surface area contributed by atoms with Crippen LogP contribution in [0.3, 0.4) is 0 Å². The molecular weight excluding hydrogens is 391 g/mol. The van der Waals surface area contributed by atoms with Gasteiger partial charge < -0.3 is 34.8 Å². The van der Waals surface area contributed by atoms with Crippen molar-refractivity contribution in [2.24, 2.45) is 0 Å². The number of carbonyl (C=O) groups is 3. The summed E-state index contributed by atoms with van der Waals surface area (Å²) in [6.45, 7) is 0. The second kappa shape index (κ2) is 5.91. The van der Waals surface area contributed by atoms with Crippen LogP contribution in [0.15, 0.2) is 0 Å². The molecule has 0 fully saturated rings. The molecule has 1 N–H and O–H groups in total. The standard InChI is InChI=1S/C6H8O7.Pb/c7-3(8)1-6(13,5(11)12)2-4(9)10;/h13H,1-2H2,(H,7,8)(H,9,10)(H,11,12);/p-3. The molecule has 0 aliphatic rings. The Bertz CT molecular complexity index is 233. The number of rotatable bonds is 5. The van der Waals surface area contributed by atoms with Gasteiger partial charge in [0.15, 0.2) is 0 Å². The van der Waals surface area contributed by atoms with E-state index < -0.39 is 36.4 Å². The number of carboxylic acids is 3. The quantitative estimate of drug-likeness (QED) is 0.457. The SMILES string of the molecule is O=C([O-])CC(O)(CC(=O)[O-])C(=O)[O-].[Pb]. The van der Waals surface area contributed by atoms with Gasteiger partial charge in [0.25, 0.3) is 0 Å². The van der Waals surface area contributed by atoms with Crippen LogP contribution in [0.1, 0.15) is 12.8 Å². The number of aliphatic hydroxyl groups is 1. The zero-order chi connectivity index (χ0) is 10.6. The van der Waals surface area contributed by atoms with Gasteiger partial charge in [0.1, 0.15) is 5.60 Å². The average molecular weight is 396 g/mol. The number of aliphatic carboxylic acids is 3. The van der Waals surface area contributed by atoms with Gasteiger partial charge in [-0.15, -0.1) is 0 Å². The van der Waals surface area contributed by atoms with Gasteiger partial charge in [-0.3, -0.25) is 0 Å². The van der Waals surface area contributed by atoms with Crippen LogP contribution >= 0.6 is 0 Å². The van der Waals surface area contributed by atoms with E-state index in [2.05, 4.69) is 0 Å². The molecule has 0 aromatic rings. The van der Waals surface area contributed by atoms with E-state index in [-0.39, 0.29) is 27.3 Å². The van der Waals surface area contributed by atoms with Gasteiger partial charge in [0.05, 0.1) is 5.97 Å². The summed E-state index contributed by atoms with van der Waals surface area (Å²) >= 11 is 0. The molecule has 0 aromatic carbocycles. The largest absolute Gasteiger partial charge is 0.550 e. The first kappa shape index (κ1) is 15.8. The molecule has 0 aliphatic heterocycles. The molecule has 4 radical (unpaired) electrons. The molecule has 0 saturated carbocycles. The number of carboxylic acid groups (broad SMARTS) is 3. The third-order valence-electron chi connectivity index (χ3n) is 1.25. The number of carbonyl (C=O) groups excluding carboxylic acids is 3. The van der Waals surface area contributed by atoms with Crippen LogP contribution in [0.25, 0.3) is 0 Å². The van der Waals surface area contributed by atoms with Gasteiger partial charge in [-0.2, -0.15) is 0 Å². The number of hydrogen-bond acceptors (Lipinski definition) is 7. The molecule has 0 spiro atoms. The zero-order valence-electron chi connectivity index (χ0n) is 6.81. The van der Waals surface area contributed by atoms with Gasteiger partial charge >= 0.3 is 0 Å². The molecule has 7 nitrogen and oxygen atoms in total. The van der Waals surface area contributed by atoms with Gasteiger partial charge in [-0.25, -0.2) is 0 Å². The minimum absolute atomic E-state index is 0. The predicted octanol–water partition coefficient (Wildman–Crippen LogP) is -5.63. The van der Waals surface area contributed by atoms with Crippen molar-refractivity contribution >= 4 is 45.2 Å². The van der Waals surface area contributed by atoms with Crippen molar-refractivity contribution in [3.63, 3.8) is 0 Å². The Morgan fingerprint density at radius 2 is 1.29 bits per heavy atom. The summed E-state index contributed by atoms with van der Waals surface area (Å²) in [5.41, 5.74) is -2.97. The maximum atomic E-state index is 10.1. The van der Waals surface area contributed by atoms with E-state index in [1.807, 2.05) is 0 Å². The minimum Gasteiger partial charge on any atom is -0.550 e.